The molecule has 0 N–H and O–H groups in total. The molecule has 0 aliphatic heterocycles. The molecule has 0 aliphatic rings. The van der Waals surface area contributed by atoms with Crippen LogP contribution in [0.15, 0.2) is 229 Å². The SMILES string of the molecule is c1ccc(-n2c3ccccc3c3cc(-n4c5ccccc5c5cccc(-c6cc7c(cc6-c6ccc8oc9ccccc9c8c6)c6ccccc6n7-c6ccccc6)c54)ccc32)cc1. The molecule has 0 radical (unpaired) electrons. The van der Waals surface area contributed by atoms with Crippen molar-refractivity contribution in [2.75, 3.05) is 0 Å². The van der Waals surface area contributed by atoms with E-state index in [1.54, 1.807) is 0 Å². The highest BCUT2D eigenvalue weighted by Gasteiger charge is 2.23. The summed E-state index contributed by atoms with van der Waals surface area (Å²) >= 11 is 0. The molecule has 14 rings (SSSR count). The molecule has 0 atom stereocenters. The molecule has 0 saturated heterocycles. The van der Waals surface area contributed by atoms with Crippen molar-refractivity contribution in [1.82, 2.24) is 13.7 Å². The Labute approximate surface area is 367 Å². The van der Waals surface area contributed by atoms with Crippen molar-refractivity contribution in [3.05, 3.63) is 224 Å². The van der Waals surface area contributed by atoms with Gasteiger partial charge in [-0.2, -0.15) is 0 Å². The number of aromatic nitrogens is 3. The van der Waals surface area contributed by atoms with Gasteiger partial charge in [0, 0.05) is 65.7 Å². The van der Waals surface area contributed by atoms with Crippen LogP contribution in [0, 0.1) is 0 Å². The van der Waals surface area contributed by atoms with E-state index in [1.165, 1.54) is 71.0 Å². The van der Waals surface area contributed by atoms with Gasteiger partial charge in [-0.15, -0.1) is 0 Å². The minimum atomic E-state index is 0.888. The Hall–Kier alpha value is -8.60. The van der Waals surface area contributed by atoms with E-state index in [4.69, 9.17) is 4.42 Å². The van der Waals surface area contributed by atoms with Gasteiger partial charge < -0.3 is 18.1 Å². The van der Waals surface area contributed by atoms with Gasteiger partial charge in [-0.1, -0.05) is 133 Å². The van der Waals surface area contributed by atoms with Crippen molar-refractivity contribution in [3.63, 3.8) is 0 Å². The molecule has 0 bridgehead atoms. The predicted molar refractivity (Wildman–Crippen MR) is 268 cm³/mol. The molecule has 0 spiro atoms. The molecule has 0 saturated carbocycles. The molecule has 4 nitrogen and oxygen atoms in total. The first-order chi connectivity index (χ1) is 31.8. The Morgan fingerprint density at radius 1 is 0.250 bits per heavy atom. The Morgan fingerprint density at radius 2 is 0.781 bits per heavy atom. The fourth-order valence-electron chi connectivity index (χ4n) is 10.7. The van der Waals surface area contributed by atoms with Crippen LogP contribution in [0.1, 0.15) is 0 Å². The lowest BCUT2D eigenvalue weighted by molar-refractivity contribution is 0.669. The Bertz CT molecular complexity index is 4180. The van der Waals surface area contributed by atoms with Gasteiger partial charge in [0.1, 0.15) is 11.2 Å². The van der Waals surface area contributed by atoms with Crippen LogP contribution in [0.5, 0.6) is 0 Å². The quantitative estimate of drug-likeness (QED) is 0.170. The molecular formula is C60H37N3O. The molecule has 0 fully saturated rings. The standard InChI is InChI=1S/C60H37N3O/c1-3-16-39(17-4-1)61-53-26-11-8-21-43(53)50-35-41(31-32-56(50)61)63-55-28-13-7-20-42(55)46-24-15-25-47(60(46)63)49-37-57-51(44-22-9-12-27-54(44)62(57)40-18-5-2-6-19-40)36-48(49)38-30-33-59-52(34-38)45-23-10-14-29-58(45)64-59/h1-37H. The molecule has 64 heavy (non-hydrogen) atoms. The molecule has 0 aliphatic carbocycles. The molecule has 4 heterocycles. The lowest BCUT2D eigenvalue weighted by Crippen LogP contribution is -1.98. The molecule has 0 unspecified atom stereocenters. The normalized spacial score (nSPS) is 12.1. The van der Waals surface area contributed by atoms with Crippen molar-refractivity contribution in [1.29, 1.82) is 0 Å². The zero-order valence-electron chi connectivity index (χ0n) is 34.6. The zero-order valence-corrected chi connectivity index (χ0v) is 34.6. The Kier molecular flexibility index (Phi) is 7.36. The monoisotopic (exact) mass is 815 g/mol. The first kappa shape index (κ1) is 35.0. The summed E-state index contributed by atoms with van der Waals surface area (Å²) in [5, 5.41) is 9.55. The van der Waals surface area contributed by atoms with Crippen LogP contribution in [0.2, 0.25) is 0 Å². The van der Waals surface area contributed by atoms with E-state index < -0.39 is 0 Å². The lowest BCUT2D eigenvalue weighted by Gasteiger charge is -2.17. The zero-order chi connectivity index (χ0) is 41.9. The fraction of sp³-hybridized carbons (Fsp3) is 0. The van der Waals surface area contributed by atoms with Gasteiger partial charge in [0.2, 0.25) is 0 Å². The van der Waals surface area contributed by atoms with E-state index in [2.05, 4.69) is 232 Å². The second kappa shape index (κ2) is 13.4. The summed E-state index contributed by atoms with van der Waals surface area (Å²) in [6.45, 7) is 0. The Balaban J connectivity index is 1.11. The van der Waals surface area contributed by atoms with Gasteiger partial charge in [0.05, 0.1) is 33.1 Å². The van der Waals surface area contributed by atoms with Crippen molar-refractivity contribution in [3.8, 4) is 39.3 Å². The van der Waals surface area contributed by atoms with E-state index in [9.17, 15) is 0 Å². The van der Waals surface area contributed by atoms with Gasteiger partial charge in [0.25, 0.3) is 0 Å². The number of fused-ring (bicyclic) bond motifs is 12. The van der Waals surface area contributed by atoms with E-state index >= 15 is 0 Å². The lowest BCUT2D eigenvalue weighted by atomic mass is 9.90. The molecule has 14 aromatic rings. The third kappa shape index (κ3) is 4.99. The van der Waals surface area contributed by atoms with E-state index in [0.717, 1.165) is 55.6 Å². The van der Waals surface area contributed by atoms with Gasteiger partial charge in [-0.25, -0.2) is 0 Å². The van der Waals surface area contributed by atoms with Crippen LogP contribution < -0.4 is 0 Å². The van der Waals surface area contributed by atoms with Crippen molar-refractivity contribution < 1.29 is 4.42 Å². The maximum atomic E-state index is 6.37. The second-order valence-electron chi connectivity index (χ2n) is 16.9. The number of nitrogens with zero attached hydrogens (tertiary/aromatic N) is 3. The fourth-order valence-corrected chi connectivity index (χ4v) is 10.7. The van der Waals surface area contributed by atoms with Crippen LogP contribution in [-0.4, -0.2) is 13.7 Å². The number of rotatable bonds is 5. The number of benzene rings is 10. The third-order valence-electron chi connectivity index (χ3n) is 13.4. The topological polar surface area (TPSA) is 27.9 Å². The first-order valence-electron chi connectivity index (χ1n) is 21.9. The largest absolute Gasteiger partial charge is 0.456 e. The van der Waals surface area contributed by atoms with Crippen LogP contribution in [0.25, 0.3) is 127 Å². The van der Waals surface area contributed by atoms with Gasteiger partial charge >= 0.3 is 0 Å². The summed E-state index contributed by atoms with van der Waals surface area (Å²) in [6.07, 6.45) is 0. The minimum Gasteiger partial charge on any atom is -0.456 e. The maximum absolute atomic E-state index is 6.37. The van der Waals surface area contributed by atoms with Gasteiger partial charge in [-0.3, -0.25) is 0 Å². The summed E-state index contributed by atoms with van der Waals surface area (Å²) in [5.41, 5.74) is 16.9. The summed E-state index contributed by atoms with van der Waals surface area (Å²) in [7, 11) is 0. The minimum absolute atomic E-state index is 0.888. The number of hydrogen-bond donors (Lipinski definition) is 0. The highest BCUT2D eigenvalue weighted by atomic mass is 16.3. The molecule has 10 aromatic carbocycles. The molecular weight excluding hydrogens is 779 g/mol. The summed E-state index contributed by atoms with van der Waals surface area (Å²) in [5.74, 6) is 0. The first-order valence-corrected chi connectivity index (χ1v) is 21.9. The van der Waals surface area contributed by atoms with Crippen molar-refractivity contribution >= 4 is 87.4 Å². The smallest absolute Gasteiger partial charge is 0.135 e. The van der Waals surface area contributed by atoms with Crippen LogP contribution in [-0.2, 0) is 0 Å². The van der Waals surface area contributed by atoms with Crippen LogP contribution in [0.4, 0.5) is 0 Å². The van der Waals surface area contributed by atoms with Crippen LogP contribution >= 0.6 is 0 Å². The Morgan fingerprint density at radius 3 is 1.48 bits per heavy atom. The predicted octanol–water partition coefficient (Wildman–Crippen LogP) is 16.2. The molecule has 4 heteroatoms. The third-order valence-corrected chi connectivity index (χ3v) is 13.4. The average molecular weight is 816 g/mol. The number of para-hydroxylation sites is 7. The number of furan rings is 1. The summed E-state index contributed by atoms with van der Waals surface area (Å²) in [6, 6.07) is 81.7. The van der Waals surface area contributed by atoms with Crippen molar-refractivity contribution in [2.45, 2.75) is 0 Å². The van der Waals surface area contributed by atoms with E-state index in [0.29, 0.717) is 0 Å². The summed E-state index contributed by atoms with van der Waals surface area (Å²) < 4.78 is 13.7. The average Bonchev–Trinajstić information content (AvgIpc) is 4.10. The molecule has 0 amide bonds. The van der Waals surface area contributed by atoms with Crippen molar-refractivity contribution in [2.24, 2.45) is 0 Å². The second-order valence-corrected chi connectivity index (χ2v) is 16.9. The maximum Gasteiger partial charge on any atom is 0.135 e. The molecule has 298 valence electrons. The van der Waals surface area contributed by atoms with Crippen LogP contribution in [0.3, 0.4) is 0 Å². The number of hydrogen-bond acceptors (Lipinski definition) is 1. The highest BCUT2D eigenvalue weighted by molar-refractivity contribution is 6.19. The van der Waals surface area contributed by atoms with E-state index in [-0.39, 0.29) is 0 Å². The highest BCUT2D eigenvalue weighted by Crippen LogP contribution is 2.46. The summed E-state index contributed by atoms with van der Waals surface area (Å²) in [4.78, 5) is 0. The molecule has 4 aromatic heterocycles. The van der Waals surface area contributed by atoms with E-state index in [1.807, 2.05) is 6.07 Å². The van der Waals surface area contributed by atoms with Gasteiger partial charge in [0.15, 0.2) is 0 Å². The van der Waals surface area contributed by atoms with Gasteiger partial charge in [-0.05, 0) is 108 Å².